The summed E-state index contributed by atoms with van der Waals surface area (Å²) in [5.74, 6) is -0.629. The van der Waals surface area contributed by atoms with Crippen LogP contribution in [-0.2, 0) is 11.3 Å². The van der Waals surface area contributed by atoms with E-state index >= 15 is 0 Å². The lowest BCUT2D eigenvalue weighted by Gasteiger charge is -1.99. The number of rotatable bonds is 5. The van der Waals surface area contributed by atoms with Crippen LogP contribution in [0.15, 0.2) is 4.63 Å². The molecule has 0 bridgehead atoms. The number of nitrogens with zero attached hydrogens (tertiary/aromatic N) is 1. The number of carbonyl (C=O) groups excluding carboxylic acids is 1. The van der Waals surface area contributed by atoms with Gasteiger partial charge in [0, 0.05) is 13.7 Å². The van der Waals surface area contributed by atoms with E-state index in [-0.39, 0.29) is 22.5 Å². The molecule has 0 unspecified atom stereocenters. The molecule has 0 aliphatic rings. The van der Waals surface area contributed by atoms with E-state index < -0.39 is 12.5 Å². The summed E-state index contributed by atoms with van der Waals surface area (Å²) in [6.07, 6.45) is 0. The molecule has 3 N–H and O–H groups in total. The standard InChI is InChI=1S/C7H11N3O5/c1-14-3-2-8-7(12)6-5(4-11)9-15-10(6)13/h11H,2-4H2,1H3,(H-,8,9,12,13)/p+1. The maximum absolute atomic E-state index is 11.4. The maximum atomic E-state index is 11.4. The number of hydrogen-bond donors (Lipinski definition) is 3. The van der Waals surface area contributed by atoms with Crippen LogP contribution in [0.2, 0.25) is 0 Å². The molecule has 0 radical (unpaired) electrons. The Balaban J connectivity index is 2.72. The molecule has 0 aliphatic heterocycles. The minimum Gasteiger partial charge on any atom is -0.388 e. The summed E-state index contributed by atoms with van der Waals surface area (Å²) in [4.78, 5) is 22.4. The van der Waals surface area contributed by atoms with Gasteiger partial charge in [-0.1, -0.05) is 9.79 Å². The number of carbonyl (C=O) groups is 1. The number of H-pyrrole nitrogens is 1. The van der Waals surface area contributed by atoms with E-state index in [4.69, 9.17) is 9.84 Å². The van der Waals surface area contributed by atoms with Gasteiger partial charge in [0.1, 0.15) is 6.61 Å². The van der Waals surface area contributed by atoms with Crippen molar-refractivity contribution in [3.8, 4) is 0 Å². The van der Waals surface area contributed by atoms with E-state index in [1.807, 2.05) is 0 Å². The molecule has 1 aromatic heterocycles. The fourth-order valence-electron chi connectivity index (χ4n) is 0.978. The number of ether oxygens (including phenoxy) is 1. The zero-order valence-electron chi connectivity index (χ0n) is 8.15. The van der Waals surface area contributed by atoms with Crippen molar-refractivity contribution in [3.63, 3.8) is 0 Å². The number of amides is 1. The number of aromatic amines is 1. The third kappa shape index (κ3) is 2.64. The van der Waals surface area contributed by atoms with Gasteiger partial charge < -0.3 is 15.2 Å². The number of aliphatic hydroxyl groups excluding tert-OH is 1. The van der Waals surface area contributed by atoms with Gasteiger partial charge in [0.15, 0.2) is 4.60 Å². The number of hydrogen-bond acceptors (Lipinski definition) is 5. The quantitative estimate of drug-likeness (QED) is 0.515. The first-order valence-electron chi connectivity index (χ1n) is 4.22. The highest BCUT2D eigenvalue weighted by Gasteiger charge is 2.26. The van der Waals surface area contributed by atoms with E-state index in [1.54, 1.807) is 0 Å². The van der Waals surface area contributed by atoms with Crippen molar-refractivity contribution < 1.29 is 23.9 Å². The Morgan fingerprint density at radius 1 is 1.73 bits per heavy atom. The van der Waals surface area contributed by atoms with Gasteiger partial charge in [0.25, 0.3) is 0 Å². The smallest absolute Gasteiger partial charge is 0.334 e. The van der Waals surface area contributed by atoms with E-state index in [0.29, 0.717) is 6.61 Å². The van der Waals surface area contributed by atoms with Crippen LogP contribution < -0.4 is 9.92 Å². The van der Waals surface area contributed by atoms with Crippen LogP contribution in [0.1, 0.15) is 16.2 Å². The molecule has 8 heteroatoms. The van der Waals surface area contributed by atoms with E-state index in [2.05, 4.69) is 15.1 Å². The number of methoxy groups -OCH3 is 1. The summed E-state index contributed by atoms with van der Waals surface area (Å²) in [6.45, 7) is 0.123. The van der Waals surface area contributed by atoms with E-state index in [1.165, 1.54) is 7.11 Å². The van der Waals surface area contributed by atoms with Crippen molar-refractivity contribution >= 4 is 5.91 Å². The summed E-state index contributed by atoms with van der Waals surface area (Å²) in [5, 5.41) is 13.4. The summed E-state index contributed by atoms with van der Waals surface area (Å²) < 4.78 is 9.02. The molecule has 0 saturated heterocycles. The Morgan fingerprint density at radius 3 is 3.07 bits per heavy atom. The van der Waals surface area contributed by atoms with Crippen molar-refractivity contribution in [1.29, 1.82) is 0 Å². The minimum atomic E-state index is -0.629. The maximum Gasteiger partial charge on any atom is 0.334 e. The van der Waals surface area contributed by atoms with Gasteiger partial charge in [-0.2, -0.15) is 0 Å². The number of aliphatic hydroxyl groups is 1. The van der Waals surface area contributed by atoms with Crippen LogP contribution in [0.25, 0.3) is 0 Å². The highest BCUT2D eigenvalue weighted by atomic mass is 16.7. The summed E-state index contributed by atoms with van der Waals surface area (Å²) >= 11 is 0. The molecule has 84 valence electrons. The first kappa shape index (κ1) is 11.4. The largest absolute Gasteiger partial charge is 0.388 e. The normalized spacial score (nSPS) is 10.3. The fourth-order valence-corrected chi connectivity index (χ4v) is 0.978. The predicted octanol–water partition coefficient (Wildman–Crippen LogP) is -1.61. The zero-order valence-corrected chi connectivity index (χ0v) is 8.15. The minimum absolute atomic E-state index is 0.00763. The molecular weight excluding hydrogens is 206 g/mol. The second-order valence-electron chi connectivity index (χ2n) is 2.68. The second kappa shape index (κ2) is 5.27. The average Bonchev–Trinajstić information content (AvgIpc) is 2.59. The topological polar surface area (TPSA) is 110 Å². The van der Waals surface area contributed by atoms with Crippen LogP contribution in [0.3, 0.4) is 0 Å². The van der Waals surface area contributed by atoms with Crippen molar-refractivity contribution in [2.24, 2.45) is 0 Å². The van der Waals surface area contributed by atoms with Crippen molar-refractivity contribution in [1.82, 2.24) is 10.5 Å². The molecule has 0 spiro atoms. The van der Waals surface area contributed by atoms with Gasteiger partial charge in [0.05, 0.1) is 6.61 Å². The molecule has 1 aromatic rings. The van der Waals surface area contributed by atoms with Gasteiger partial charge in [0.2, 0.25) is 5.69 Å². The molecule has 1 rings (SSSR count). The highest BCUT2D eigenvalue weighted by Crippen LogP contribution is 1.98. The predicted molar refractivity (Wildman–Crippen MR) is 46.6 cm³/mol. The number of aromatic nitrogens is 2. The molecule has 1 amide bonds. The molecule has 8 nitrogen and oxygen atoms in total. The Morgan fingerprint density at radius 2 is 2.47 bits per heavy atom. The molecule has 1 heterocycles. The highest BCUT2D eigenvalue weighted by molar-refractivity contribution is 5.91. The van der Waals surface area contributed by atoms with Gasteiger partial charge in [-0.25, -0.2) is 0 Å². The van der Waals surface area contributed by atoms with E-state index in [0.717, 1.165) is 0 Å². The SMILES string of the molecule is COCCNC(=O)c1c(CO)[nH]o[n+]1=O. The van der Waals surface area contributed by atoms with Crippen LogP contribution in [0.5, 0.6) is 0 Å². The summed E-state index contributed by atoms with van der Waals surface area (Å²) in [5.41, 5.74) is -0.256. The first-order valence-corrected chi connectivity index (χ1v) is 4.22. The molecule has 15 heavy (non-hydrogen) atoms. The van der Waals surface area contributed by atoms with Crippen LogP contribution in [-0.4, -0.2) is 36.4 Å². The Labute approximate surface area is 84.4 Å². The first-order chi connectivity index (χ1) is 7.20. The number of nitrogens with one attached hydrogen (secondary N) is 2. The second-order valence-corrected chi connectivity index (χ2v) is 2.68. The fraction of sp³-hybridized carbons (Fsp3) is 0.571. The van der Waals surface area contributed by atoms with Crippen molar-refractivity contribution in [2.45, 2.75) is 6.61 Å². The van der Waals surface area contributed by atoms with Gasteiger partial charge in [-0.3, -0.25) is 4.79 Å². The molecule has 0 aromatic carbocycles. The van der Waals surface area contributed by atoms with Crippen LogP contribution in [0.4, 0.5) is 0 Å². The van der Waals surface area contributed by atoms with Gasteiger partial charge in [-0.05, 0) is 4.91 Å². The molecule has 0 fully saturated rings. The lowest BCUT2D eigenvalue weighted by atomic mass is 10.3. The Bertz CT molecular complexity index is 382. The monoisotopic (exact) mass is 218 g/mol. The summed E-state index contributed by atoms with van der Waals surface area (Å²) in [7, 11) is 1.49. The molecular formula is C7H12N3O5+. The van der Waals surface area contributed by atoms with E-state index in [9.17, 15) is 9.70 Å². The van der Waals surface area contributed by atoms with Crippen molar-refractivity contribution in [2.75, 3.05) is 20.3 Å². The summed E-state index contributed by atoms with van der Waals surface area (Å²) in [6, 6.07) is 0. The molecule has 0 atom stereocenters. The van der Waals surface area contributed by atoms with Gasteiger partial charge in [-0.15, -0.1) is 0 Å². The zero-order chi connectivity index (χ0) is 11.3. The van der Waals surface area contributed by atoms with Crippen LogP contribution in [0, 0.1) is 4.91 Å². The Kier molecular flexibility index (Phi) is 4.01. The Hall–Kier alpha value is -1.67. The van der Waals surface area contributed by atoms with Crippen molar-refractivity contribution in [3.05, 3.63) is 16.3 Å². The van der Waals surface area contributed by atoms with Crippen LogP contribution >= 0.6 is 0 Å². The molecule has 0 saturated carbocycles. The third-order valence-electron chi connectivity index (χ3n) is 1.69. The molecule has 0 aliphatic carbocycles. The average molecular weight is 218 g/mol. The van der Waals surface area contributed by atoms with Gasteiger partial charge >= 0.3 is 11.6 Å². The lowest BCUT2D eigenvalue weighted by molar-refractivity contribution is -0.714. The third-order valence-corrected chi connectivity index (χ3v) is 1.69. The lowest BCUT2D eigenvalue weighted by Crippen LogP contribution is -2.34.